The zero-order valence-corrected chi connectivity index (χ0v) is 10.6. The Morgan fingerprint density at radius 1 is 1.63 bits per heavy atom. The third-order valence-electron chi connectivity index (χ3n) is 2.36. The molecule has 3 N–H and O–H groups in total. The number of carboxylic acids is 1. The number of aromatic nitrogens is 2. The second-order valence-electron chi connectivity index (χ2n) is 3.93. The van der Waals surface area contributed by atoms with Gasteiger partial charge in [-0.1, -0.05) is 0 Å². The Bertz CT molecular complexity index is 489. The van der Waals surface area contributed by atoms with Crippen molar-refractivity contribution < 1.29 is 14.7 Å². The summed E-state index contributed by atoms with van der Waals surface area (Å²) in [6, 6.07) is -1.67. The Morgan fingerprint density at radius 2 is 2.37 bits per heavy atom. The lowest BCUT2D eigenvalue weighted by Crippen LogP contribution is -2.41. The minimum absolute atomic E-state index is 0.398. The number of hydrogen-bond donors (Lipinski definition) is 3. The molecule has 0 aromatic carbocycles. The second-order valence-corrected chi connectivity index (χ2v) is 3.93. The van der Waals surface area contributed by atoms with Crippen molar-refractivity contribution in [1.29, 1.82) is 0 Å². The number of aliphatic carboxylic acids is 1. The average Bonchev–Trinajstić information content (AvgIpc) is 2.78. The molecule has 1 aromatic rings. The summed E-state index contributed by atoms with van der Waals surface area (Å²) >= 11 is 0. The molecule has 0 bridgehead atoms. The number of terminal acetylenes is 1. The summed E-state index contributed by atoms with van der Waals surface area (Å²) < 4.78 is 1.47. The van der Waals surface area contributed by atoms with Crippen LogP contribution in [-0.4, -0.2) is 33.4 Å². The summed E-state index contributed by atoms with van der Waals surface area (Å²) in [5, 5.41) is 17.9. The molecule has 7 nitrogen and oxygen atoms in total. The minimum atomic E-state index is -1.15. The van der Waals surface area contributed by atoms with Crippen molar-refractivity contribution in [3.8, 4) is 12.3 Å². The van der Waals surface area contributed by atoms with E-state index in [4.69, 9.17) is 11.5 Å². The largest absolute Gasteiger partial charge is 0.479 e. The predicted octanol–water partition coefficient (Wildman–Crippen LogP) is 0.258. The molecule has 19 heavy (non-hydrogen) atoms. The number of rotatable bonds is 6. The molecule has 102 valence electrons. The van der Waals surface area contributed by atoms with E-state index in [0.717, 1.165) is 0 Å². The first-order valence-electron chi connectivity index (χ1n) is 5.73. The molecule has 0 radical (unpaired) electrons. The summed E-state index contributed by atoms with van der Waals surface area (Å²) in [5.74, 6) is 1.31. The first kappa shape index (κ1) is 14.6. The van der Waals surface area contributed by atoms with Crippen molar-refractivity contribution in [3.05, 3.63) is 18.0 Å². The van der Waals surface area contributed by atoms with Crippen LogP contribution in [0.3, 0.4) is 0 Å². The van der Waals surface area contributed by atoms with Crippen LogP contribution in [0.2, 0.25) is 0 Å². The molecule has 0 saturated carbocycles. The van der Waals surface area contributed by atoms with Crippen LogP contribution in [0.5, 0.6) is 0 Å². The van der Waals surface area contributed by atoms with E-state index in [1.807, 2.05) is 0 Å². The maximum absolute atomic E-state index is 11.5. The SMILES string of the molecule is C#CCCCNC(=O)NC(C(=O)O)c1cnn(C)c1. The maximum Gasteiger partial charge on any atom is 0.331 e. The van der Waals surface area contributed by atoms with Crippen molar-refractivity contribution in [2.45, 2.75) is 18.9 Å². The number of carbonyl (C=O) groups is 2. The Balaban J connectivity index is 2.53. The lowest BCUT2D eigenvalue weighted by molar-refractivity contribution is -0.139. The molecule has 0 spiro atoms. The first-order valence-corrected chi connectivity index (χ1v) is 5.73. The van der Waals surface area contributed by atoms with Gasteiger partial charge in [0.15, 0.2) is 6.04 Å². The molecular formula is C12H16N4O3. The van der Waals surface area contributed by atoms with E-state index in [9.17, 15) is 9.59 Å². The standard InChI is InChI=1S/C12H16N4O3/c1-3-4-5-6-13-12(19)15-10(11(17)18)9-7-14-16(2)8-9/h1,7-8,10H,4-6H2,2H3,(H,17,18)(H2,13,15,19). The van der Waals surface area contributed by atoms with Crippen LogP contribution in [0.1, 0.15) is 24.4 Å². The van der Waals surface area contributed by atoms with Gasteiger partial charge in [-0.05, 0) is 6.42 Å². The van der Waals surface area contributed by atoms with E-state index in [0.29, 0.717) is 24.9 Å². The van der Waals surface area contributed by atoms with Crippen LogP contribution in [0, 0.1) is 12.3 Å². The molecule has 1 unspecified atom stereocenters. The number of carboxylic acid groups (broad SMARTS) is 1. The molecule has 0 aliphatic heterocycles. The second kappa shape index (κ2) is 7.06. The molecule has 0 saturated heterocycles. The Hall–Kier alpha value is -2.49. The predicted molar refractivity (Wildman–Crippen MR) is 68.2 cm³/mol. The summed E-state index contributed by atoms with van der Waals surface area (Å²) in [4.78, 5) is 22.7. The lowest BCUT2D eigenvalue weighted by atomic mass is 10.1. The van der Waals surface area contributed by atoms with Crippen molar-refractivity contribution in [2.24, 2.45) is 7.05 Å². The fourth-order valence-corrected chi connectivity index (χ4v) is 1.45. The number of carbonyl (C=O) groups excluding carboxylic acids is 1. The van der Waals surface area contributed by atoms with Gasteiger partial charge < -0.3 is 15.7 Å². The van der Waals surface area contributed by atoms with Gasteiger partial charge in [0.25, 0.3) is 0 Å². The summed E-state index contributed by atoms with van der Waals surface area (Å²) in [6.45, 7) is 0.398. The Labute approximate surface area is 111 Å². The van der Waals surface area contributed by atoms with Crippen molar-refractivity contribution >= 4 is 12.0 Å². The van der Waals surface area contributed by atoms with E-state index < -0.39 is 18.0 Å². The molecular weight excluding hydrogens is 248 g/mol. The van der Waals surface area contributed by atoms with Crippen LogP contribution in [0.25, 0.3) is 0 Å². The van der Waals surface area contributed by atoms with Crippen molar-refractivity contribution in [1.82, 2.24) is 20.4 Å². The smallest absolute Gasteiger partial charge is 0.331 e. The molecule has 0 fully saturated rings. The molecule has 7 heteroatoms. The molecule has 1 heterocycles. The average molecular weight is 264 g/mol. The minimum Gasteiger partial charge on any atom is -0.479 e. The number of urea groups is 1. The fourth-order valence-electron chi connectivity index (χ4n) is 1.45. The Morgan fingerprint density at radius 3 is 2.89 bits per heavy atom. The number of hydrogen-bond acceptors (Lipinski definition) is 3. The third kappa shape index (κ3) is 4.71. The van der Waals surface area contributed by atoms with E-state index in [1.54, 1.807) is 7.05 Å². The van der Waals surface area contributed by atoms with Gasteiger partial charge in [-0.15, -0.1) is 12.3 Å². The van der Waals surface area contributed by atoms with Gasteiger partial charge in [0, 0.05) is 31.8 Å². The van der Waals surface area contributed by atoms with Crippen molar-refractivity contribution in [2.75, 3.05) is 6.54 Å². The van der Waals surface area contributed by atoms with E-state index in [2.05, 4.69) is 21.7 Å². The zero-order valence-electron chi connectivity index (χ0n) is 10.6. The highest BCUT2D eigenvalue weighted by atomic mass is 16.4. The van der Waals surface area contributed by atoms with Gasteiger partial charge in [0.2, 0.25) is 0 Å². The van der Waals surface area contributed by atoms with Crippen LogP contribution in [0.4, 0.5) is 4.79 Å². The monoisotopic (exact) mass is 264 g/mol. The Kier molecular flexibility index (Phi) is 5.41. The number of aryl methyl sites for hydroxylation is 1. The molecule has 1 aromatic heterocycles. The lowest BCUT2D eigenvalue weighted by Gasteiger charge is -2.13. The van der Waals surface area contributed by atoms with E-state index in [1.165, 1.54) is 17.1 Å². The quantitative estimate of drug-likeness (QED) is 0.507. The molecule has 1 rings (SSSR count). The summed E-state index contributed by atoms with van der Waals surface area (Å²) in [7, 11) is 1.67. The third-order valence-corrected chi connectivity index (χ3v) is 2.36. The molecule has 0 aliphatic rings. The van der Waals surface area contributed by atoms with Gasteiger partial charge in [0.1, 0.15) is 0 Å². The highest BCUT2D eigenvalue weighted by Crippen LogP contribution is 2.11. The van der Waals surface area contributed by atoms with Gasteiger partial charge in [-0.2, -0.15) is 5.10 Å². The topological polar surface area (TPSA) is 96.2 Å². The van der Waals surface area contributed by atoms with Gasteiger partial charge >= 0.3 is 12.0 Å². The fraction of sp³-hybridized carbons (Fsp3) is 0.417. The normalized spacial score (nSPS) is 11.4. The molecule has 1 atom stereocenters. The molecule has 2 amide bonds. The van der Waals surface area contributed by atoms with E-state index >= 15 is 0 Å². The molecule has 0 aliphatic carbocycles. The van der Waals surface area contributed by atoms with Gasteiger partial charge in [-0.25, -0.2) is 9.59 Å². The number of unbranched alkanes of at least 4 members (excludes halogenated alkanes) is 1. The number of nitrogens with one attached hydrogen (secondary N) is 2. The number of amides is 2. The van der Waals surface area contributed by atoms with Crippen LogP contribution in [0.15, 0.2) is 12.4 Å². The highest BCUT2D eigenvalue weighted by molar-refractivity contribution is 5.83. The summed E-state index contributed by atoms with van der Waals surface area (Å²) in [5.41, 5.74) is 0.411. The van der Waals surface area contributed by atoms with Crippen molar-refractivity contribution in [3.63, 3.8) is 0 Å². The summed E-state index contributed by atoms with van der Waals surface area (Å²) in [6.07, 6.45) is 9.23. The maximum atomic E-state index is 11.5. The van der Waals surface area contributed by atoms with Crippen LogP contribution < -0.4 is 10.6 Å². The van der Waals surface area contributed by atoms with Crippen LogP contribution in [-0.2, 0) is 11.8 Å². The highest BCUT2D eigenvalue weighted by Gasteiger charge is 2.23. The van der Waals surface area contributed by atoms with Gasteiger partial charge in [-0.3, -0.25) is 4.68 Å². The van der Waals surface area contributed by atoms with E-state index in [-0.39, 0.29) is 0 Å². The zero-order chi connectivity index (χ0) is 14.3. The van der Waals surface area contributed by atoms with Gasteiger partial charge in [0.05, 0.1) is 6.20 Å². The van der Waals surface area contributed by atoms with Crippen LogP contribution >= 0.6 is 0 Å². The first-order chi connectivity index (χ1) is 9.04. The number of nitrogens with zero attached hydrogens (tertiary/aromatic N) is 2.